The zero-order valence-corrected chi connectivity index (χ0v) is 17.1. The molecular weight excluding hydrogens is 483 g/mol. The van der Waals surface area contributed by atoms with Crippen molar-refractivity contribution in [1.29, 1.82) is 0 Å². The summed E-state index contributed by atoms with van der Waals surface area (Å²) in [6.07, 6.45) is 1.44. The van der Waals surface area contributed by atoms with Crippen LogP contribution in [-0.2, 0) is 9.59 Å². The first kappa shape index (κ1) is 19.4. The number of hydrogen-bond acceptors (Lipinski definition) is 4. The molecule has 27 heavy (non-hydrogen) atoms. The predicted octanol–water partition coefficient (Wildman–Crippen LogP) is 4.01. The number of amides is 4. The quantitative estimate of drug-likeness (QED) is 0.394. The molecule has 1 heterocycles. The van der Waals surface area contributed by atoms with Gasteiger partial charge in [0.05, 0.1) is 12.3 Å². The van der Waals surface area contributed by atoms with Crippen molar-refractivity contribution in [2.24, 2.45) is 0 Å². The van der Waals surface area contributed by atoms with Crippen molar-refractivity contribution >= 4 is 63.8 Å². The molecule has 0 unspecified atom stereocenters. The number of carbonyl (C=O) groups is 3. The standard InChI is InChI=1S/C19H14ClIN2O4/c1-2-27-15-8-11(7-13(21)10-15)9-16-17(24)22-19(26)23(18(16)25)14-5-3-12(20)4-6-14/h3-10H,2H2,1H3,(H,22,24,26)/b16-9+. The van der Waals surface area contributed by atoms with Crippen molar-refractivity contribution in [3.63, 3.8) is 0 Å². The van der Waals surface area contributed by atoms with Crippen molar-refractivity contribution in [3.05, 3.63) is 62.2 Å². The Morgan fingerprint density at radius 2 is 1.85 bits per heavy atom. The number of carbonyl (C=O) groups excluding carboxylic acids is 3. The number of urea groups is 1. The lowest BCUT2D eigenvalue weighted by atomic mass is 10.1. The number of barbiturate groups is 1. The smallest absolute Gasteiger partial charge is 0.335 e. The van der Waals surface area contributed by atoms with E-state index < -0.39 is 17.8 Å². The summed E-state index contributed by atoms with van der Waals surface area (Å²) in [4.78, 5) is 38.2. The largest absolute Gasteiger partial charge is 0.494 e. The van der Waals surface area contributed by atoms with E-state index in [1.807, 2.05) is 13.0 Å². The van der Waals surface area contributed by atoms with E-state index in [4.69, 9.17) is 16.3 Å². The van der Waals surface area contributed by atoms with E-state index in [-0.39, 0.29) is 5.57 Å². The van der Waals surface area contributed by atoms with Crippen LogP contribution in [-0.4, -0.2) is 24.5 Å². The van der Waals surface area contributed by atoms with Gasteiger partial charge in [-0.15, -0.1) is 0 Å². The maximum absolute atomic E-state index is 12.8. The maximum Gasteiger partial charge on any atom is 0.335 e. The number of nitrogens with one attached hydrogen (secondary N) is 1. The van der Waals surface area contributed by atoms with Gasteiger partial charge in [-0.05, 0) is 83.6 Å². The fraction of sp³-hybridized carbons (Fsp3) is 0.105. The summed E-state index contributed by atoms with van der Waals surface area (Å²) in [7, 11) is 0. The molecule has 0 bridgehead atoms. The minimum atomic E-state index is -0.804. The highest BCUT2D eigenvalue weighted by atomic mass is 127. The van der Waals surface area contributed by atoms with Crippen LogP contribution in [0.2, 0.25) is 5.02 Å². The summed E-state index contributed by atoms with van der Waals surface area (Å²) >= 11 is 7.98. The molecule has 3 rings (SSSR count). The predicted molar refractivity (Wildman–Crippen MR) is 111 cm³/mol. The monoisotopic (exact) mass is 496 g/mol. The summed E-state index contributed by atoms with van der Waals surface area (Å²) in [5.41, 5.74) is 0.793. The second kappa shape index (κ2) is 8.10. The van der Waals surface area contributed by atoms with Gasteiger partial charge in [0, 0.05) is 8.59 Å². The molecule has 2 aromatic rings. The SMILES string of the molecule is CCOc1cc(I)cc(/C=C2\C(=O)NC(=O)N(c3ccc(Cl)cc3)C2=O)c1. The van der Waals surface area contributed by atoms with Crippen LogP contribution in [0.3, 0.4) is 0 Å². The number of imide groups is 2. The van der Waals surface area contributed by atoms with Gasteiger partial charge in [-0.3, -0.25) is 14.9 Å². The highest BCUT2D eigenvalue weighted by molar-refractivity contribution is 14.1. The molecule has 0 aliphatic carbocycles. The zero-order chi connectivity index (χ0) is 19.6. The minimum Gasteiger partial charge on any atom is -0.494 e. The van der Waals surface area contributed by atoms with Crippen molar-refractivity contribution in [2.75, 3.05) is 11.5 Å². The molecule has 0 aromatic heterocycles. The lowest BCUT2D eigenvalue weighted by molar-refractivity contribution is -0.122. The molecule has 2 aromatic carbocycles. The van der Waals surface area contributed by atoms with Gasteiger partial charge in [0.2, 0.25) is 0 Å². The first-order valence-electron chi connectivity index (χ1n) is 7.99. The Bertz CT molecular complexity index is 957. The topological polar surface area (TPSA) is 75.7 Å². The molecule has 4 amide bonds. The van der Waals surface area contributed by atoms with Crippen LogP contribution in [0.15, 0.2) is 48.0 Å². The number of ether oxygens (including phenoxy) is 1. The van der Waals surface area contributed by atoms with Crippen LogP contribution in [0, 0.1) is 3.57 Å². The number of benzene rings is 2. The fourth-order valence-electron chi connectivity index (χ4n) is 2.57. The Labute approximate surface area is 174 Å². The first-order valence-corrected chi connectivity index (χ1v) is 9.45. The molecular formula is C19H14ClIN2O4. The number of halogens is 2. The average Bonchev–Trinajstić information content (AvgIpc) is 2.60. The Morgan fingerprint density at radius 3 is 2.52 bits per heavy atom. The Hall–Kier alpha value is -2.39. The maximum atomic E-state index is 12.8. The molecule has 0 radical (unpaired) electrons. The van der Waals surface area contributed by atoms with Gasteiger partial charge in [0.1, 0.15) is 11.3 Å². The zero-order valence-electron chi connectivity index (χ0n) is 14.2. The third-order valence-corrected chi connectivity index (χ3v) is 4.58. The molecule has 138 valence electrons. The summed E-state index contributed by atoms with van der Waals surface area (Å²) in [6.45, 7) is 2.36. The number of hydrogen-bond donors (Lipinski definition) is 1. The van der Waals surface area contributed by atoms with Gasteiger partial charge in [-0.1, -0.05) is 11.6 Å². The molecule has 1 saturated heterocycles. The van der Waals surface area contributed by atoms with Crippen LogP contribution in [0.1, 0.15) is 12.5 Å². The van der Waals surface area contributed by atoms with Crippen LogP contribution < -0.4 is 15.0 Å². The van der Waals surface area contributed by atoms with Gasteiger partial charge in [-0.25, -0.2) is 9.69 Å². The molecule has 0 spiro atoms. The van der Waals surface area contributed by atoms with Crippen LogP contribution in [0.4, 0.5) is 10.5 Å². The van der Waals surface area contributed by atoms with Crippen LogP contribution >= 0.6 is 34.2 Å². The van der Waals surface area contributed by atoms with Crippen molar-refractivity contribution in [3.8, 4) is 5.75 Å². The van der Waals surface area contributed by atoms with Crippen molar-refractivity contribution in [1.82, 2.24) is 5.32 Å². The Morgan fingerprint density at radius 1 is 1.15 bits per heavy atom. The molecule has 1 aliphatic rings. The summed E-state index contributed by atoms with van der Waals surface area (Å²) in [5.74, 6) is -0.819. The summed E-state index contributed by atoms with van der Waals surface area (Å²) in [6, 6.07) is 10.8. The molecule has 1 fully saturated rings. The van der Waals surface area contributed by atoms with Gasteiger partial charge in [0.25, 0.3) is 11.8 Å². The summed E-state index contributed by atoms with van der Waals surface area (Å²) < 4.78 is 6.38. The number of anilines is 1. The lowest BCUT2D eigenvalue weighted by Gasteiger charge is -2.26. The Balaban J connectivity index is 2.00. The van der Waals surface area contributed by atoms with E-state index in [1.165, 1.54) is 18.2 Å². The van der Waals surface area contributed by atoms with Crippen LogP contribution in [0.5, 0.6) is 5.75 Å². The second-order valence-electron chi connectivity index (χ2n) is 5.59. The third-order valence-electron chi connectivity index (χ3n) is 3.70. The Kier molecular flexibility index (Phi) is 5.81. The van der Waals surface area contributed by atoms with Gasteiger partial charge >= 0.3 is 6.03 Å². The fourth-order valence-corrected chi connectivity index (χ4v) is 3.36. The van der Waals surface area contributed by atoms with Gasteiger partial charge < -0.3 is 4.74 Å². The molecule has 1 N–H and O–H groups in total. The highest BCUT2D eigenvalue weighted by Gasteiger charge is 2.36. The molecule has 0 saturated carbocycles. The number of rotatable bonds is 4. The number of nitrogens with zero attached hydrogens (tertiary/aromatic N) is 1. The van der Waals surface area contributed by atoms with E-state index in [2.05, 4.69) is 27.9 Å². The van der Waals surface area contributed by atoms with E-state index in [9.17, 15) is 14.4 Å². The van der Waals surface area contributed by atoms with Crippen molar-refractivity contribution < 1.29 is 19.1 Å². The molecule has 0 atom stereocenters. The van der Waals surface area contributed by atoms with Gasteiger partial charge in [0.15, 0.2) is 0 Å². The van der Waals surface area contributed by atoms with Crippen LogP contribution in [0.25, 0.3) is 6.08 Å². The third kappa shape index (κ3) is 4.30. The molecule has 1 aliphatic heterocycles. The normalized spacial score (nSPS) is 15.9. The highest BCUT2D eigenvalue weighted by Crippen LogP contribution is 2.25. The van der Waals surface area contributed by atoms with E-state index in [1.54, 1.807) is 24.3 Å². The average molecular weight is 497 g/mol. The second-order valence-corrected chi connectivity index (χ2v) is 7.27. The molecule has 6 nitrogen and oxygen atoms in total. The summed E-state index contributed by atoms with van der Waals surface area (Å²) in [5, 5.41) is 2.66. The molecule has 8 heteroatoms. The first-order chi connectivity index (χ1) is 12.9. The van der Waals surface area contributed by atoms with E-state index >= 15 is 0 Å². The lowest BCUT2D eigenvalue weighted by Crippen LogP contribution is -2.54. The van der Waals surface area contributed by atoms with E-state index in [0.717, 1.165) is 8.47 Å². The van der Waals surface area contributed by atoms with Crippen molar-refractivity contribution in [2.45, 2.75) is 6.92 Å². The van der Waals surface area contributed by atoms with E-state index in [0.29, 0.717) is 28.6 Å². The van der Waals surface area contributed by atoms with Gasteiger partial charge in [-0.2, -0.15) is 0 Å². The minimum absolute atomic E-state index is 0.144.